The van der Waals surface area contributed by atoms with Gasteiger partial charge in [0.2, 0.25) is 0 Å². The SMILES string of the molecule is CC1CN(C(=O)c2ccc(Br)o2)CCN1C(=O)c1ccc(Br)o1. The van der Waals surface area contributed by atoms with Crippen LogP contribution in [0.5, 0.6) is 0 Å². The summed E-state index contributed by atoms with van der Waals surface area (Å²) in [5.41, 5.74) is 0. The maximum atomic E-state index is 12.5. The lowest BCUT2D eigenvalue weighted by Gasteiger charge is -2.39. The molecule has 8 heteroatoms. The van der Waals surface area contributed by atoms with E-state index in [0.717, 1.165) is 0 Å². The molecule has 2 aromatic rings. The van der Waals surface area contributed by atoms with Gasteiger partial charge in [0.15, 0.2) is 20.9 Å². The number of nitrogens with zero attached hydrogens (tertiary/aromatic N) is 2. The van der Waals surface area contributed by atoms with E-state index < -0.39 is 0 Å². The van der Waals surface area contributed by atoms with E-state index in [2.05, 4.69) is 31.9 Å². The van der Waals surface area contributed by atoms with Crippen molar-refractivity contribution in [3.63, 3.8) is 0 Å². The molecule has 122 valence electrons. The molecule has 1 aliphatic heterocycles. The number of hydrogen-bond donors (Lipinski definition) is 0. The molecule has 0 spiro atoms. The molecule has 2 amide bonds. The Labute approximate surface area is 149 Å². The first-order valence-corrected chi connectivity index (χ1v) is 8.65. The lowest BCUT2D eigenvalue weighted by atomic mass is 10.1. The molecule has 1 fully saturated rings. The first kappa shape index (κ1) is 16.3. The third-order valence-electron chi connectivity index (χ3n) is 3.74. The average molecular weight is 446 g/mol. The smallest absolute Gasteiger partial charge is 0.289 e. The molecule has 0 saturated carbocycles. The molecular formula is C15H14Br2N2O4. The number of rotatable bonds is 2. The van der Waals surface area contributed by atoms with Crippen molar-refractivity contribution in [2.24, 2.45) is 0 Å². The highest BCUT2D eigenvalue weighted by atomic mass is 79.9. The summed E-state index contributed by atoms with van der Waals surface area (Å²) in [6.07, 6.45) is 0. The van der Waals surface area contributed by atoms with Crippen LogP contribution in [0.25, 0.3) is 0 Å². The lowest BCUT2D eigenvalue weighted by Crippen LogP contribution is -2.55. The minimum absolute atomic E-state index is 0.109. The number of amides is 2. The van der Waals surface area contributed by atoms with Crippen molar-refractivity contribution in [1.29, 1.82) is 0 Å². The number of carbonyl (C=O) groups excluding carboxylic acids is 2. The van der Waals surface area contributed by atoms with E-state index in [1.165, 1.54) is 0 Å². The monoisotopic (exact) mass is 444 g/mol. The topological polar surface area (TPSA) is 66.9 Å². The first-order chi connectivity index (χ1) is 11.0. The van der Waals surface area contributed by atoms with E-state index in [1.54, 1.807) is 34.1 Å². The number of halogens is 2. The van der Waals surface area contributed by atoms with Gasteiger partial charge >= 0.3 is 0 Å². The minimum Gasteiger partial charge on any atom is -0.444 e. The van der Waals surface area contributed by atoms with Crippen LogP contribution in [0.3, 0.4) is 0 Å². The van der Waals surface area contributed by atoms with E-state index in [1.807, 2.05) is 6.92 Å². The van der Waals surface area contributed by atoms with Crippen LogP contribution in [0.1, 0.15) is 28.0 Å². The van der Waals surface area contributed by atoms with Gasteiger partial charge in [-0.25, -0.2) is 0 Å². The molecule has 0 aliphatic carbocycles. The summed E-state index contributed by atoms with van der Waals surface area (Å²) in [6, 6.07) is 6.53. The summed E-state index contributed by atoms with van der Waals surface area (Å²) in [5, 5.41) is 0. The fourth-order valence-corrected chi connectivity index (χ4v) is 3.21. The summed E-state index contributed by atoms with van der Waals surface area (Å²) in [6.45, 7) is 3.26. The third kappa shape index (κ3) is 3.37. The Hall–Kier alpha value is -1.54. The van der Waals surface area contributed by atoms with E-state index in [9.17, 15) is 9.59 Å². The Kier molecular flexibility index (Phi) is 4.63. The van der Waals surface area contributed by atoms with Crippen molar-refractivity contribution in [2.75, 3.05) is 19.6 Å². The number of carbonyl (C=O) groups is 2. The molecule has 23 heavy (non-hydrogen) atoms. The van der Waals surface area contributed by atoms with E-state index in [4.69, 9.17) is 8.83 Å². The molecule has 1 unspecified atom stereocenters. The molecule has 6 nitrogen and oxygen atoms in total. The van der Waals surface area contributed by atoms with E-state index in [0.29, 0.717) is 40.5 Å². The van der Waals surface area contributed by atoms with Crippen molar-refractivity contribution in [3.05, 3.63) is 45.1 Å². The summed E-state index contributed by atoms with van der Waals surface area (Å²) in [4.78, 5) is 28.3. The van der Waals surface area contributed by atoms with Crippen LogP contribution in [0.2, 0.25) is 0 Å². The molecule has 0 radical (unpaired) electrons. The normalized spacial score (nSPS) is 18.3. The van der Waals surface area contributed by atoms with Crippen molar-refractivity contribution in [3.8, 4) is 0 Å². The second-order valence-corrected chi connectivity index (χ2v) is 6.87. The van der Waals surface area contributed by atoms with Crippen molar-refractivity contribution in [2.45, 2.75) is 13.0 Å². The maximum Gasteiger partial charge on any atom is 0.289 e. The Morgan fingerprint density at radius 2 is 1.57 bits per heavy atom. The zero-order chi connectivity index (χ0) is 16.6. The molecule has 1 saturated heterocycles. The minimum atomic E-state index is -0.171. The summed E-state index contributed by atoms with van der Waals surface area (Å²) in [7, 11) is 0. The Morgan fingerprint density at radius 1 is 1.00 bits per heavy atom. The van der Waals surface area contributed by atoms with E-state index >= 15 is 0 Å². The lowest BCUT2D eigenvalue weighted by molar-refractivity contribution is 0.0380. The van der Waals surface area contributed by atoms with Gasteiger partial charge in [0.05, 0.1) is 0 Å². The van der Waals surface area contributed by atoms with Crippen LogP contribution in [-0.4, -0.2) is 47.3 Å². The van der Waals surface area contributed by atoms with Crippen LogP contribution in [-0.2, 0) is 0 Å². The molecule has 1 aliphatic rings. The molecule has 2 aromatic heterocycles. The zero-order valence-electron chi connectivity index (χ0n) is 12.3. The highest BCUT2D eigenvalue weighted by Crippen LogP contribution is 2.21. The van der Waals surface area contributed by atoms with Crippen LogP contribution in [0, 0.1) is 0 Å². The van der Waals surface area contributed by atoms with Crippen molar-refractivity contribution in [1.82, 2.24) is 9.80 Å². The average Bonchev–Trinajstić information content (AvgIpc) is 3.14. The van der Waals surface area contributed by atoms with Gasteiger partial charge < -0.3 is 18.6 Å². The van der Waals surface area contributed by atoms with Crippen LogP contribution < -0.4 is 0 Å². The highest BCUT2D eigenvalue weighted by molar-refractivity contribution is 9.10. The fourth-order valence-electron chi connectivity index (χ4n) is 2.60. The summed E-state index contributed by atoms with van der Waals surface area (Å²) >= 11 is 6.38. The first-order valence-electron chi connectivity index (χ1n) is 7.06. The van der Waals surface area contributed by atoms with Gasteiger partial charge in [-0.3, -0.25) is 9.59 Å². The molecule has 0 N–H and O–H groups in total. The summed E-state index contributed by atoms with van der Waals surface area (Å²) in [5.74, 6) is 0.240. The zero-order valence-corrected chi connectivity index (χ0v) is 15.5. The standard InChI is InChI=1S/C15H14Br2N2O4/c1-9-8-18(14(20)10-2-4-12(16)22-10)6-7-19(9)15(21)11-3-5-13(17)23-11/h2-5,9H,6-8H2,1H3. The van der Waals surface area contributed by atoms with E-state index in [-0.39, 0.29) is 17.9 Å². The number of piperazine rings is 1. The highest BCUT2D eigenvalue weighted by Gasteiger charge is 2.32. The molecular weight excluding hydrogens is 432 g/mol. The predicted octanol–water partition coefficient (Wildman–Crippen LogP) is 3.38. The fraction of sp³-hybridized carbons (Fsp3) is 0.333. The Balaban J connectivity index is 1.67. The van der Waals surface area contributed by atoms with Gasteiger partial charge in [-0.15, -0.1) is 0 Å². The van der Waals surface area contributed by atoms with Gasteiger partial charge in [0, 0.05) is 25.7 Å². The number of hydrogen-bond acceptors (Lipinski definition) is 4. The van der Waals surface area contributed by atoms with Gasteiger partial charge in [0.25, 0.3) is 11.8 Å². The van der Waals surface area contributed by atoms with Crippen molar-refractivity contribution >= 4 is 43.7 Å². The van der Waals surface area contributed by atoms with Crippen LogP contribution in [0.15, 0.2) is 42.4 Å². The molecule has 3 heterocycles. The van der Waals surface area contributed by atoms with Gasteiger partial charge in [-0.05, 0) is 63.0 Å². The van der Waals surface area contributed by atoms with Crippen molar-refractivity contribution < 1.29 is 18.4 Å². The maximum absolute atomic E-state index is 12.5. The Bertz CT molecular complexity index is 739. The quantitative estimate of drug-likeness (QED) is 0.710. The third-order valence-corrected chi connectivity index (χ3v) is 4.60. The number of furan rings is 2. The summed E-state index contributed by atoms with van der Waals surface area (Å²) < 4.78 is 11.7. The van der Waals surface area contributed by atoms with Gasteiger partial charge in [0.1, 0.15) is 0 Å². The van der Waals surface area contributed by atoms with Crippen LogP contribution >= 0.6 is 31.9 Å². The predicted molar refractivity (Wildman–Crippen MR) is 89.2 cm³/mol. The van der Waals surface area contributed by atoms with Gasteiger partial charge in [-0.2, -0.15) is 0 Å². The Morgan fingerprint density at radius 3 is 2.04 bits per heavy atom. The largest absolute Gasteiger partial charge is 0.444 e. The molecule has 0 aromatic carbocycles. The second kappa shape index (κ2) is 6.52. The molecule has 1 atom stereocenters. The van der Waals surface area contributed by atoms with Crippen LogP contribution in [0.4, 0.5) is 0 Å². The molecule has 3 rings (SSSR count). The second-order valence-electron chi connectivity index (χ2n) is 5.31. The van der Waals surface area contributed by atoms with Gasteiger partial charge in [-0.1, -0.05) is 0 Å². The molecule has 0 bridgehead atoms.